The highest BCUT2D eigenvalue weighted by atomic mass is 16.3. The SMILES string of the molecule is c1ccc(-c2ccc(-c3nc(-c4ccccc4)nc(-c4ccc5c(c4)oc4cc(-c6ccccc6-c6ccc7oc8ccccc8c7c6)ccc45)n3)cc2)cc1. The van der Waals surface area contributed by atoms with Crippen LogP contribution in [0.5, 0.6) is 0 Å². The van der Waals surface area contributed by atoms with Crippen LogP contribution in [-0.2, 0) is 0 Å². The molecule has 0 saturated carbocycles. The number of rotatable bonds is 6. The van der Waals surface area contributed by atoms with Gasteiger partial charge in [-0.2, -0.15) is 0 Å². The third-order valence-electron chi connectivity index (χ3n) is 10.6. The van der Waals surface area contributed by atoms with Crippen molar-refractivity contribution in [2.75, 3.05) is 0 Å². The second-order valence-corrected chi connectivity index (χ2v) is 14.0. The van der Waals surface area contributed by atoms with Gasteiger partial charge < -0.3 is 8.83 Å². The Kier molecular flexibility index (Phi) is 7.42. The second-order valence-electron chi connectivity index (χ2n) is 14.0. The van der Waals surface area contributed by atoms with Gasteiger partial charge in [0.25, 0.3) is 0 Å². The number of para-hydroxylation sites is 1. The van der Waals surface area contributed by atoms with Crippen LogP contribution >= 0.6 is 0 Å². The van der Waals surface area contributed by atoms with Gasteiger partial charge in [0.05, 0.1) is 0 Å². The lowest BCUT2D eigenvalue weighted by molar-refractivity contribution is 0.668. The highest BCUT2D eigenvalue weighted by Gasteiger charge is 2.17. The van der Waals surface area contributed by atoms with Crippen molar-refractivity contribution in [2.45, 2.75) is 0 Å². The van der Waals surface area contributed by atoms with E-state index in [1.165, 1.54) is 0 Å². The maximum atomic E-state index is 6.62. The Morgan fingerprint density at radius 2 is 0.661 bits per heavy atom. The zero-order valence-corrected chi connectivity index (χ0v) is 30.1. The van der Waals surface area contributed by atoms with Crippen LogP contribution < -0.4 is 0 Å². The van der Waals surface area contributed by atoms with Gasteiger partial charge in [0, 0.05) is 38.2 Å². The highest BCUT2D eigenvalue weighted by molar-refractivity contribution is 6.08. The van der Waals surface area contributed by atoms with Gasteiger partial charge in [-0.25, -0.2) is 15.0 Å². The normalized spacial score (nSPS) is 11.6. The molecular weight excluding hydrogens is 687 g/mol. The Hall–Kier alpha value is -7.63. The van der Waals surface area contributed by atoms with Gasteiger partial charge in [0.15, 0.2) is 17.5 Å². The molecule has 8 aromatic carbocycles. The lowest BCUT2D eigenvalue weighted by Gasteiger charge is -2.10. The monoisotopic (exact) mass is 717 g/mol. The molecule has 0 N–H and O–H groups in total. The molecule has 56 heavy (non-hydrogen) atoms. The van der Waals surface area contributed by atoms with Crippen molar-refractivity contribution in [2.24, 2.45) is 0 Å². The molecule has 11 rings (SSSR count). The fourth-order valence-corrected chi connectivity index (χ4v) is 7.76. The van der Waals surface area contributed by atoms with Crippen LogP contribution in [0.15, 0.2) is 197 Å². The minimum atomic E-state index is 0.584. The third kappa shape index (κ3) is 5.53. The fourth-order valence-electron chi connectivity index (χ4n) is 7.76. The molecule has 0 bridgehead atoms. The molecule has 262 valence electrons. The van der Waals surface area contributed by atoms with Crippen LogP contribution in [0.25, 0.3) is 111 Å². The van der Waals surface area contributed by atoms with Gasteiger partial charge in [-0.15, -0.1) is 0 Å². The summed E-state index contributed by atoms with van der Waals surface area (Å²) in [7, 11) is 0. The largest absolute Gasteiger partial charge is 0.456 e. The zero-order valence-electron chi connectivity index (χ0n) is 30.1. The molecule has 0 atom stereocenters. The van der Waals surface area contributed by atoms with Crippen molar-refractivity contribution < 1.29 is 8.83 Å². The summed E-state index contributed by atoms with van der Waals surface area (Å²) in [6.07, 6.45) is 0. The lowest BCUT2D eigenvalue weighted by atomic mass is 9.93. The number of nitrogens with zero attached hydrogens (tertiary/aromatic N) is 3. The predicted molar refractivity (Wildman–Crippen MR) is 227 cm³/mol. The summed E-state index contributed by atoms with van der Waals surface area (Å²) in [6, 6.07) is 64.7. The first-order chi connectivity index (χ1) is 27.7. The topological polar surface area (TPSA) is 65.0 Å². The number of hydrogen-bond donors (Lipinski definition) is 0. The first-order valence-electron chi connectivity index (χ1n) is 18.7. The molecule has 0 amide bonds. The summed E-state index contributed by atoms with van der Waals surface area (Å²) < 4.78 is 12.7. The summed E-state index contributed by atoms with van der Waals surface area (Å²) in [6.45, 7) is 0. The number of benzene rings is 8. The second kappa shape index (κ2) is 13.0. The average molecular weight is 718 g/mol. The molecule has 0 aliphatic rings. The Bertz CT molecular complexity index is 3240. The molecule has 5 nitrogen and oxygen atoms in total. The van der Waals surface area contributed by atoms with Crippen molar-refractivity contribution in [1.29, 1.82) is 0 Å². The number of aromatic nitrogens is 3. The van der Waals surface area contributed by atoms with E-state index in [4.69, 9.17) is 23.8 Å². The minimum Gasteiger partial charge on any atom is -0.456 e. The van der Waals surface area contributed by atoms with Gasteiger partial charge in [-0.05, 0) is 75.8 Å². The van der Waals surface area contributed by atoms with Gasteiger partial charge in [0.2, 0.25) is 0 Å². The predicted octanol–water partition coefficient (Wildman–Crippen LogP) is 13.7. The van der Waals surface area contributed by atoms with E-state index in [9.17, 15) is 0 Å². The average Bonchev–Trinajstić information content (AvgIpc) is 3.84. The number of fused-ring (bicyclic) bond motifs is 6. The van der Waals surface area contributed by atoms with Crippen molar-refractivity contribution in [3.8, 4) is 67.5 Å². The molecule has 0 radical (unpaired) electrons. The maximum Gasteiger partial charge on any atom is 0.164 e. The molecule has 11 aromatic rings. The molecule has 0 fully saturated rings. The highest BCUT2D eigenvalue weighted by Crippen LogP contribution is 2.39. The van der Waals surface area contributed by atoms with Gasteiger partial charge in [-0.1, -0.05) is 146 Å². The number of hydrogen-bond acceptors (Lipinski definition) is 5. The van der Waals surface area contributed by atoms with Crippen molar-refractivity contribution in [3.63, 3.8) is 0 Å². The Labute approximate surface area is 322 Å². The van der Waals surface area contributed by atoms with Crippen LogP contribution in [0.3, 0.4) is 0 Å². The molecule has 0 saturated heterocycles. The van der Waals surface area contributed by atoms with E-state index in [-0.39, 0.29) is 0 Å². The van der Waals surface area contributed by atoms with Crippen molar-refractivity contribution in [3.05, 3.63) is 188 Å². The van der Waals surface area contributed by atoms with Crippen LogP contribution in [0, 0.1) is 0 Å². The molecule has 0 unspecified atom stereocenters. The molecule has 0 aliphatic carbocycles. The molecule has 0 aliphatic heterocycles. The van der Waals surface area contributed by atoms with E-state index >= 15 is 0 Å². The van der Waals surface area contributed by atoms with E-state index in [1.54, 1.807) is 0 Å². The summed E-state index contributed by atoms with van der Waals surface area (Å²) >= 11 is 0. The molecule has 3 aromatic heterocycles. The maximum absolute atomic E-state index is 6.62. The fraction of sp³-hybridized carbons (Fsp3) is 0. The van der Waals surface area contributed by atoms with Crippen LogP contribution in [0.4, 0.5) is 0 Å². The Morgan fingerprint density at radius 3 is 1.36 bits per heavy atom. The van der Waals surface area contributed by atoms with E-state index in [0.717, 1.165) is 93.9 Å². The van der Waals surface area contributed by atoms with E-state index < -0.39 is 0 Å². The zero-order chi connectivity index (χ0) is 37.0. The third-order valence-corrected chi connectivity index (χ3v) is 10.6. The molecule has 5 heteroatoms. The van der Waals surface area contributed by atoms with Gasteiger partial charge >= 0.3 is 0 Å². The summed E-state index contributed by atoms with van der Waals surface area (Å²) in [5.74, 6) is 1.81. The summed E-state index contributed by atoms with van der Waals surface area (Å²) in [5.41, 5.74) is 12.9. The molecule has 0 spiro atoms. The van der Waals surface area contributed by atoms with Crippen molar-refractivity contribution >= 4 is 43.9 Å². The van der Waals surface area contributed by atoms with Gasteiger partial charge in [0.1, 0.15) is 22.3 Å². The first kappa shape index (κ1) is 31.9. The van der Waals surface area contributed by atoms with E-state index in [0.29, 0.717) is 17.5 Å². The quantitative estimate of drug-likeness (QED) is 0.171. The van der Waals surface area contributed by atoms with Gasteiger partial charge in [-0.3, -0.25) is 0 Å². The molecule has 3 heterocycles. The van der Waals surface area contributed by atoms with E-state index in [1.807, 2.05) is 54.6 Å². The lowest BCUT2D eigenvalue weighted by Crippen LogP contribution is -2.00. The summed E-state index contributed by atoms with van der Waals surface area (Å²) in [5, 5.41) is 4.32. The van der Waals surface area contributed by atoms with Crippen LogP contribution in [-0.4, -0.2) is 15.0 Å². The molecular formula is C51H31N3O2. The Balaban J connectivity index is 0.981. The van der Waals surface area contributed by atoms with Crippen LogP contribution in [0.1, 0.15) is 0 Å². The van der Waals surface area contributed by atoms with Crippen LogP contribution in [0.2, 0.25) is 0 Å². The summed E-state index contributed by atoms with van der Waals surface area (Å²) in [4.78, 5) is 14.9. The van der Waals surface area contributed by atoms with E-state index in [2.05, 4.69) is 133 Å². The minimum absolute atomic E-state index is 0.584. The van der Waals surface area contributed by atoms with Crippen molar-refractivity contribution in [1.82, 2.24) is 15.0 Å². The Morgan fingerprint density at radius 1 is 0.250 bits per heavy atom. The first-order valence-corrected chi connectivity index (χ1v) is 18.7. The number of furan rings is 2. The standard InChI is InChI=1S/C51H31N3O2/c1-3-11-32(12-4-1)33-19-21-35(22-20-33)50-52-49(34-13-5-2-6-14-34)53-51(54-50)38-24-27-43-42-26-23-37(30-47(42)56-48(43)31-38)40-16-8-7-15-39(40)36-25-28-46-44(29-36)41-17-9-10-18-45(41)55-46/h1-31H. The smallest absolute Gasteiger partial charge is 0.164 e.